The van der Waals surface area contributed by atoms with E-state index in [1.165, 1.54) is 0 Å². The van der Waals surface area contributed by atoms with E-state index in [0.717, 1.165) is 5.56 Å². The molecule has 3 saturated heterocycles. The summed E-state index contributed by atoms with van der Waals surface area (Å²) in [5.74, 6) is -3.13. The Morgan fingerprint density at radius 3 is 2.22 bits per heavy atom. The van der Waals surface area contributed by atoms with Gasteiger partial charge in [-0.1, -0.05) is 6.07 Å². The first-order chi connectivity index (χ1) is 17.0. The van der Waals surface area contributed by atoms with Crippen molar-refractivity contribution in [2.45, 2.75) is 80.2 Å². The van der Waals surface area contributed by atoms with E-state index in [1.54, 1.807) is 25.5 Å². The molecule has 0 amide bonds. The predicted octanol–water partition coefficient (Wildman–Crippen LogP) is -2.83. The third-order valence-corrected chi connectivity index (χ3v) is 7.39. The average molecular weight is 515 g/mol. The molecule has 0 saturated carbocycles. The molecule has 4 heterocycles. The van der Waals surface area contributed by atoms with Crippen LogP contribution in [0.25, 0.3) is 0 Å². The molecule has 3 fully saturated rings. The molecule has 7 N–H and O–H groups in total. The first kappa shape index (κ1) is 26.8. The van der Waals surface area contributed by atoms with Crippen LogP contribution < -0.4 is 0 Å². The van der Waals surface area contributed by atoms with Gasteiger partial charge in [-0.05, 0) is 6.07 Å². The number of quaternary nitrogens is 1. The Kier molecular flexibility index (Phi) is 7.62. The number of aromatic nitrogens is 1. The lowest BCUT2D eigenvalue weighted by Crippen LogP contribution is -2.71. The van der Waals surface area contributed by atoms with Crippen molar-refractivity contribution in [1.29, 1.82) is 0 Å². The van der Waals surface area contributed by atoms with Crippen molar-refractivity contribution in [3.63, 3.8) is 0 Å². The number of hydrogen-bond acceptors (Lipinski definition) is 11. The minimum atomic E-state index is -1.96. The summed E-state index contributed by atoms with van der Waals surface area (Å²) in [6.07, 6.45) is -13.3. The number of rotatable bonds is 6. The predicted molar refractivity (Wildman–Crippen MR) is 115 cm³/mol. The average Bonchev–Trinajstić information content (AvgIpc) is 3.24. The van der Waals surface area contributed by atoms with E-state index in [9.17, 15) is 45.3 Å². The Balaban J connectivity index is 1.70. The quantitative estimate of drug-likeness (QED) is 0.190. The largest absolute Gasteiger partial charge is 0.479 e. The van der Waals surface area contributed by atoms with Gasteiger partial charge in [0.2, 0.25) is 6.23 Å². The Morgan fingerprint density at radius 2 is 1.61 bits per heavy atom. The summed E-state index contributed by atoms with van der Waals surface area (Å²) in [5.41, 5.74) is 0.825. The molecule has 3 aliphatic rings. The number of likely N-dealkylation sites (N-methyl/N-ethyl adjacent to an activating group) is 1. The first-order valence-electron chi connectivity index (χ1n) is 11.5. The van der Waals surface area contributed by atoms with Crippen LogP contribution in [0.5, 0.6) is 0 Å². The number of ether oxygens (including phenoxy) is 3. The maximum Gasteiger partial charge on any atom is 0.335 e. The highest BCUT2D eigenvalue weighted by Crippen LogP contribution is 2.44. The van der Waals surface area contributed by atoms with Crippen molar-refractivity contribution >= 4 is 11.9 Å². The zero-order valence-corrected chi connectivity index (χ0v) is 19.3. The second-order valence-corrected chi connectivity index (χ2v) is 9.62. The standard InChI is InChI=1S/C22H30N2O12/c1-24(7-3-5-10(24)9-4-2-6-23-8-9)19-16(13(27)14(28)17(34-19)20(30)31)35-22-15(29)11(25)12(26)18(36-22)21(32)33/h2,4,6,8,10-19,22,25-29H,3,5,7H2,1H3,(H-,30,31,32,33)/p+1. The fraction of sp³-hybridized carbons (Fsp3) is 0.682. The van der Waals surface area contributed by atoms with Gasteiger partial charge in [0.1, 0.15) is 36.6 Å². The summed E-state index contributed by atoms with van der Waals surface area (Å²) in [6.45, 7) is 0.465. The van der Waals surface area contributed by atoms with Crippen LogP contribution in [-0.4, -0.2) is 132 Å². The number of aliphatic hydroxyl groups excluding tert-OH is 5. The molecule has 4 rings (SSSR count). The number of carbonyl (C=O) groups is 2. The molecule has 12 atom stereocenters. The molecule has 0 aliphatic carbocycles. The molecule has 0 bridgehead atoms. The highest BCUT2D eigenvalue weighted by Gasteiger charge is 2.60. The Bertz CT molecular complexity index is 952. The molecule has 0 spiro atoms. The maximum absolute atomic E-state index is 11.8. The molecule has 14 heteroatoms. The molecule has 1 aromatic heterocycles. The number of pyridine rings is 1. The number of carboxylic acid groups (broad SMARTS) is 2. The van der Waals surface area contributed by atoms with Gasteiger partial charge in [-0.15, -0.1) is 0 Å². The maximum atomic E-state index is 11.8. The zero-order chi connectivity index (χ0) is 26.4. The van der Waals surface area contributed by atoms with Crippen LogP contribution in [0.15, 0.2) is 24.5 Å². The van der Waals surface area contributed by atoms with E-state index < -0.39 is 73.3 Å². The van der Waals surface area contributed by atoms with E-state index in [1.807, 2.05) is 6.07 Å². The van der Waals surface area contributed by atoms with Gasteiger partial charge in [0.25, 0.3) is 0 Å². The minimum Gasteiger partial charge on any atom is -0.479 e. The van der Waals surface area contributed by atoms with Crippen LogP contribution >= 0.6 is 0 Å². The molecule has 3 aliphatic heterocycles. The summed E-state index contributed by atoms with van der Waals surface area (Å²) < 4.78 is 16.8. The molecule has 0 radical (unpaired) electrons. The Morgan fingerprint density at radius 1 is 0.972 bits per heavy atom. The molecular weight excluding hydrogens is 484 g/mol. The third kappa shape index (κ3) is 4.60. The van der Waals surface area contributed by atoms with Gasteiger partial charge in [-0.3, -0.25) is 9.47 Å². The highest BCUT2D eigenvalue weighted by atomic mass is 16.7. The lowest BCUT2D eigenvalue weighted by molar-refractivity contribution is -0.977. The molecule has 200 valence electrons. The highest BCUT2D eigenvalue weighted by molar-refractivity contribution is 5.73. The second kappa shape index (κ2) is 10.2. The van der Waals surface area contributed by atoms with Crippen LogP contribution in [0, 0.1) is 0 Å². The summed E-state index contributed by atoms with van der Waals surface area (Å²) in [7, 11) is 1.77. The SMILES string of the molecule is C[N+]1(C2OC(C(=O)O)C(O)C(O)C2OC2OC(C(=O)O)C(O)C(O)C2O)CCCC1c1cccnc1. The van der Waals surface area contributed by atoms with E-state index in [4.69, 9.17) is 14.2 Å². The lowest BCUT2D eigenvalue weighted by Gasteiger charge is -2.51. The molecule has 36 heavy (non-hydrogen) atoms. The summed E-state index contributed by atoms with van der Waals surface area (Å²) in [6, 6.07) is 3.33. The first-order valence-corrected chi connectivity index (χ1v) is 11.5. The molecule has 12 unspecified atom stereocenters. The number of aliphatic hydroxyl groups is 5. The monoisotopic (exact) mass is 515 g/mol. The van der Waals surface area contributed by atoms with E-state index in [-0.39, 0.29) is 10.5 Å². The number of aliphatic carboxylic acids is 2. The van der Waals surface area contributed by atoms with Crippen molar-refractivity contribution in [2.24, 2.45) is 0 Å². The summed E-state index contributed by atoms with van der Waals surface area (Å²) >= 11 is 0. The second-order valence-electron chi connectivity index (χ2n) is 9.62. The van der Waals surface area contributed by atoms with Gasteiger partial charge < -0.3 is 50.0 Å². The normalized spacial score (nSPS) is 45.3. The van der Waals surface area contributed by atoms with E-state index in [0.29, 0.717) is 19.4 Å². The molecule has 1 aromatic rings. The van der Waals surface area contributed by atoms with Gasteiger partial charge in [0, 0.05) is 30.8 Å². The smallest absolute Gasteiger partial charge is 0.335 e. The molecule has 14 nitrogen and oxygen atoms in total. The summed E-state index contributed by atoms with van der Waals surface area (Å²) in [5, 5.41) is 71.0. The van der Waals surface area contributed by atoms with Crippen LogP contribution in [0.1, 0.15) is 24.4 Å². The van der Waals surface area contributed by atoms with Crippen LogP contribution in [0.3, 0.4) is 0 Å². The van der Waals surface area contributed by atoms with Gasteiger partial charge in [-0.25, -0.2) is 9.59 Å². The van der Waals surface area contributed by atoms with Crippen LogP contribution in [0.4, 0.5) is 0 Å². The van der Waals surface area contributed by atoms with Gasteiger partial charge in [0.15, 0.2) is 24.6 Å². The van der Waals surface area contributed by atoms with Crippen molar-refractivity contribution in [1.82, 2.24) is 4.98 Å². The topological polar surface area (TPSA) is 216 Å². The zero-order valence-electron chi connectivity index (χ0n) is 19.3. The van der Waals surface area contributed by atoms with Crippen molar-refractivity contribution in [3.8, 4) is 0 Å². The van der Waals surface area contributed by atoms with Crippen molar-refractivity contribution in [2.75, 3.05) is 13.6 Å². The summed E-state index contributed by atoms with van der Waals surface area (Å²) in [4.78, 5) is 27.5. The van der Waals surface area contributed by atoms with Gasteiger partial charge in [-0.2, -0.15) is 0 Å². The fourth-order valence-corrected chi connectivity index (χ4v) is 5.46. The number of nitrogens with zero attached hydrogens (tertiary/aromatic N) is 2. The van der Waals surface area contributed by atoms with Crippen molar-refractivity contribution in [3.05, 3.63) is 30.1 Å². The fourth-order valence-electron chi connectivity index (χ4n) is 5.46. The number of likely N-dealkylation sites (tertiary alicyclic amines) is 1. The van der Waals surface area contributed by atoms with Gasteiger partial charge in [0.05, 0.1) is 13.6 Å². The van der Waals surface area contributed by atoms with Gasteiger partial charge >= 0.3 is 11.9 Å². The molecule has 0 aromatic carbocycles. The van der Waals surface area contributed by atoms with Crippen LogP contribution in [-0.2, 0) is 23.8 Å². The van der Waals surface area contributed by atoms with E-state index >= 15 is 0 Å². The third-order valence-electron chi connectivity index (χ3n) is 7.39. The Labute approximate surface area is 205 Å². The molecular formula is C22H31N2O12+. The number of hydrogen-bond donors (Lipinski definition) is 7. The van der Waals surface area contributed by atoms with Crippen molar-refractivity contribution < 1.29 is 64.0 Å². The van der Waals surface area contributed by atoms with E-state index in [2.05, 4.69) is 4.98 Å². The van der Waals surface area contributed by atoms with Crippen LogP contribution in [0.2, 0.25) is 0 Å². The lowest BCUT2D eigenvalue weighted by atomic mass is 9.94. The minimum absolute atomic E-state index is 0.0142. The Hall–Kier alpha value is -2.27. The number of carboxylic acids is 2.